The van der Waals surface area contributed by atoms with E-state index in [0.717, 1.165) is 6.42 Å². The predicted octanol–water partition coefficient (Wildman–Crippen LogP) is 7.14. The van der Waals surface area contributed by atoms with Gasteiger partial charge in [-0.1, -0.05) is 76.7 Å². The van der Waals surface area contributed by atoms with Crippen LogP contribution in [0, 0.1) is 0 Å². The number of rotatable bonds is 17. The summed E-state index contributed by atoms with van der Waals surface area (Å²) >= 11 is 0. The van der Waals surface area contributed by atoms with E-state index in [4.69, 9.17) is 0 Å². The molecule has 0 saturated heterocycles. The summed E-state index contributed by atoms with van der Waals surface area (Å²) in [6.07, 6.45) is 26.7. The van der Waals surface area contributed by atoms with Crippen LogP contribution in [0.1, 0.15) is 97.3 Å². The summed E-state index contributed by atoms with van der Waals surface area (Å²) in [5.41, 5.74) is 0. The molecule has 0 heterocycles. The van der Waals surface area contributed by atoms with Gasteiger partial charge in [0.25, 0.3) is 0 Å². The third-order valence-corrected chi connectivity index (χ3v) is 4.35. The molecule has 0 aliphatic heterocycles. The van der Waals surface area contributed by atoms with Crippen LogP contribution in [0.15, 0.2) is 24.3 Å². The summed E-state index contributed by atoms with van der Waals surface area (Å²) in [6.45, 7) is 7.05. The second-order valence-electron chi connectivity index (χ2n) is 6.89. The Balaban J connectivity index is 3.19. The first kappa shape index (κ1) is 22.4. The zero-order chi connectivity index (χ0) is 17.0. The number of unbranched alkanes of at least 4 members (excludes halogenated alkanes) is 9. The fourth-order valence-electron chi connectivity index (χ4n) is 2.86. The number of hydrogen-bond donors (Lipinski definition) is 0. The highest BCUT2D eigenvalue weighted by Crippen LogP contribution is 2.08. The maximum Gasteiger partial charge on any atom is -0.00218 e. The lowest BCUT2D eigenvalue weighted by molar-refractivity contribution is 0.324. The molecule has 0 bridgehead atoms. The average molecular weight is 322 g/mol. The highest BCUT2D eigenvalue weighted by molar-refractivity contribution is 4.92. The number of allylic oxidation sites excluding steroid dienone is 4. The van der Waals surface area contributed by atoms with Gasteiger partial charge < -0.3 is 4.90 Å². The van der Waals surface area contributed by atoms with Crippen LogP contribution in [-0.2, 0) is 0 Å². The Kier molecular flexibility index (Phi) is 19.0. The Morgan fingerprint density at radius 3 is 1.74 bits per heavy atom. The molecule has 0 atom stereocenters. The first-order valence-corrected chi connectivity index (χ1v) is 10.3. The van der Waals surface area contributed by atoms with Gasteiger partial charge in [-0.25, -0.2) is 0 Å². The molecule has 0 radical (unpaired) electrons. The topological polar surface area (TPSA) is 3.24 Å². The van der Waals surface area contributed by atoms with E-state index in [-0.39, 0.29) is 0 Å². The van der Waals surface area contributed by atoms with Gasteiger partial charge in [0.1, 0.15) is 0 Å². The maximum atomic E-state index is 2.46. The summed E-state index contributed by atoms with van der Waals surface area (Å²) in [7, 11) is 2.25. The molecule has 0 saturated carbocycles. The molecular formula is C22H43N. The quantitative estimate of drug-likeness (QED) is 0.203. The lowest BCUT2D eigenvalue weighted by Gasteiger charge is -2.14. The Morgan fingerprint density at radius 1 is 0.565 bits per heavy atom. The minimum atomic E-state index is 1.12. The molecule has 136 valence electrons. The third kappa shape index (κ3) is 19.4. The van der Waals surface area contributed by atoms with Crippen LogP contribution in [0.5, 0.6) is 0 Å². The van der Waals surface area contributed by atoms with Gasteiger partial charge in [-0.2, -0.15) is 0 Å². The Labute approximate surface area is 147 Å². The smallest absolute Gasteiger partial charge is 0.00218 e. The molecular weight excluding hydrogens is 278 g/mol. The van der Waals surface area contributed by atoms with E-state index in [0.29, 0.717) is 0 Å². The molecule has 0 aliphatic rings. The maximum absolute atomic E-state index is 2.46. The standard InChI is InChI=1S/C22H43N/c1-4-6-7-8-9-10-11-12-13-14-15-16-17-18-19-20-22-23(3)21-5-2/h9-10,12-13H,4-8,11,14-22H2,1-3H3/b10-9-,13-12-. The first-order chi connectivity index (χ1) is 11.3. The van der Waals surface area contributed by atoms with Crippen LogP contribution in [0.3, 0.4) is 0 Å². The fraction of sp³-hybridized carbons (Fsp3) is 0.818. The molecule has 1 nitrogen and oxygen atoms in total. The second kappa shape index (κ2) is 19.5. The van der Waals surface area contributed by atoms with Crippen molar-refractivity contribution < 1.29 is 0 Å². The highest BCUT2D eigenvalue weighted by Gasteiger charge is 1.96. The van der Waals surface area contributed by atoms with Gasteiger partial charge in [0.05, 0.1) is 0 Å². The summed E-state index contributed by atoms with van der Waals surface area (Å²) in [6, 6.07) is 0. The molecule has 1 heteroatoms. The lowest BCUT2D eigenvalue weighted by Crippen LogP contribution is -2.20. The van der Waals surface area contributed by atoms with E-state index in [1.54, 1.807) is 0 Å². The van der Waals surface area contributed by atoms with Crippen molar-refractivity contribution in [2.24, 2.45) is 0 Å². The summed E-state index contributed by atoms with van der Waals surface area (Å²) < 4.78 is 0. The molecule has 0 rings (SSSR count). The van der Waals surface area contributed by atoms with Gasteiger partial charge in [0, 0.05) is 0 Å². The second-order valence-corrected chi connectivity index (χ2v) is 6.89. The monoisotopic (exact) mass is 321 g/mol. The van der Waals surface area contributed by atoms with Gasteiger partial charge in [-0.3, -0.25) is 0 Å². The molecule has 0 aliphatic carbocycles. The van der Waals surface area contributed by atoms with Gasteiger partial charge in [-0.05, 0) is 65.1 Å². The van der Waals surface area contributed by atoms with Crippen molar-refractivity contribution in [3.63, 3.8) is 0 Å². The van der Waals surface area contributed by atoms with E-state index >= 15 is 0 Å². The SMILES string of the molecule is CCCCC/C=C\C/C=C\CCCCCCCCN(C)CCC. The van der Waals surface area contributed by atoms with E-state index in [9.17, 15) is 0 Å². The van der Waals surface area contributed by atoms with Gasteiger partial charge in [-0.15, -0.1) is 0 Å². The van der Waals surface area contributed by atoms with Gasteiger partial charge in [0.2, 0.25) is 0 Å². The third-order valence-electron chi connectivity index (χ3n) is 4.35. The van der Waals surface area contributed by atoms with Crippen LogP contribution in [0.25, 0.3) is 0 Å². The highest BCUT2D eigenvalue weighted by atomic mass is 15.1. The largest absolute Gasteiger partial charge is 0.306 e. The minimum Gasteiger partial charge on any atom is -0.306 e. The first-order valence-electron chi connectivity index (χ1n) is 10.3. The summed E-state index contributed by atoms with van der Waals surface area (Å²) in [4.78, 5) is 2.46. The molecule has 0 fully saturated rings. The van der Waals surface area contributed by atoms with Crippen molar-refractivity contribution in [1.82, 2.24) is 4.90 Å². The molecule has 0 aromatic heterocycles. The average Bonchev–Trinajstić information content (AvgIpc) is 2.54. The zero-order valence-electron chi connectivity index (χ0n) is 16.4. The number of nitrogens with zero attached hydrogens (tertiary/aromatic N) is 1. The van der Waals surface area contributed by atoms with Crippen LogP contribution >= 0.6 is 0 Å². The molecule has 0 spiro atoms. The minimum absolute atomic E-state index is 1.12. The van der Waals surface area contributed by atoms with Crippen LogP contribution in [-0.4, -0.2) is 25.0 Å². The van der Waals surface area contributed by atoms with Crippen molar-refractivity contribution in [3.05, 3.63) is 24.3 Å². The zero-order valence-corrected chi connectivity index (χ0v) is 16.4. The lowest BCUT2D eigenvalue weighted by atomic mass is 10.1. The predicted molar refractivity (Wildman–Crippen MR) is 107 cm³/mol. The normalized spacial score (nSPS) is 12.2. The van der Waals surface area contributed by atoms with E-state index < -0.39 is 0 Å². The molecule has 0 aromatic carbocycles. The van der Waals surface area contributed by atoms with Crippen LogP contribution < -0.4 is 0 Å². The molecule has 0 N–H and O–H groups in total. The fourth-order valence-corrected chi connectivity index (χ4v) is 2.86. The van der Waals surface area contributed by atoms with Crippen molar-refractivity contribution in [2.45, 2.75) is 97.3 Å². The number of hydrogen-bond acceptors (Lipinski definition) is 1. The van der Waals surface area contributed by atoms with Crippen LogP contribution in [0.4, 0.5) is 0 Å². The van der Waals surface area contributed by atoms with E-state index in [2.05, 4.69) is 50.1 Å². The van der Waals surface area contributed by atoms with E-state index in [1.807, 2.05) is 0 Å². The Morgan fingerprint density at radius 2 is 1.13 bits per heavy atom. The molecule has 0 aromatic rings. The van der Waals surface area contributed by atoms with Crippen molar-refractivity contribution >= 4 is 0 Å². The van der Waals surface area contributed by atoms with Crippen molar-refractivity contribution in [1.29, 1.82) is 0 Å². The Bertz CT molecular complexity index is 267. The molecule has 0 amide bonds. The van der Waals surface area contributed by atoms with Crippen molar-refractivity contribution in [3.8, 4) is 0 Å². The summed E-state index contributed by atoms with van der Waals surface area (Å²) in [5.74, 6) is 0. The van der Waals surface area contributed by atoms with Gasteiger partial charge in [0.15, 0.2) is 0 Å². The summed E-state index contributed by atoms with van der Waals surface area (Å²) in [5, 5.41) is 0. The van der Waals surface area contributed by atoms with E-state index in [1.165, 1.54) is 90.1 Å². The van der Waals surface area contributed by atoms with Gasteiger partial charge >= 0.3 is 0 Å². The van der Waals surface area contributed by atoms with Crippen LogP contribution in [0.2, 0.25) is 0 Å². The molecule has 23 heavy (non-hydrogen) atoms. The van der Waals surface area contributed by atoms with Crippen molar-refractivity contribution in [2.75, 3.05) is 20.1 Å². The Hall–Kier alpha value is -0.560. The molecule has 0 unspecified atom stereocenters.